The number of aromatic nitrogens is 4. The molecule has 0 bridgehead atoms. The molecule has 1 saturated heterocycles. The average molecular weight is 338 g/mol. The van der Waals surface area contributed by atoms with Gasteiger partial charge in [-0.3, -0.25) is 4.57 Å². The van der Waals surface area contributed by atoms with E-state index < -0.39 is 24.5 Å². The minimum Gasteiger partial charge on any atom is -0.394 e. The maximum Gasteiger partial charge on any atom is 0.224 e. The van der Waals surface area contributed by atoms with Crippen molar-refractivity contribution in [3.63, 3.8) is 0 Å². The fourth-order valence-corrected chi connectivity index (χ4v) is 2.93. The zero-order valence-corrected chi connectivity index (χ0v) is 13.6. The number of aliphatic hydroxyl groups is 1. The summed E-state index contributed by atoms with van der Waals surface area (Å²) in [5.41, 5.74) is 12.4. The SMILES string of the molecule is CCCOC1C(CO)OC(n2cnc3c(N)nc(N)nc32)C1OC. The van der Waals surface area contributed by atoms with Crippen LogP contribution in [0.15, 0.2) is 6.33 Å². The molecule has 0 amide bonds. The molecule has 4 atom stereocenters. The third kappa shape index (κ3) is 2.77. The zero-order valence-electron chi connectivity index (χ0n) is 13.6. The molecule has 0 aliphatic carbocycles. The third-order valence-corrected chi connectivity index (χ3v) is 3.99. The highest BCUT2D eigenvalue weighted by molar-refractivity contribution is 5.82. The molecule has 0 radical (unpaired) electrons. The molecule has 0 aromatic carbocycles. The second-order valence-corrected chi connectivity index (χ2v) is 5.57. The predicted octanol–water partition coefficient (Wildman–Crippen LogP) is -0.309. The van der Waals surface area contributed by atoms with Gasteiger partial charge in [0.15, 0.2) is 17.7 Å². The van der Waals surface area contributed by atoms with Gasteiger partial charge in [0.25, 0.3) is 0 Å². The van der Waals surface area contributed by atoms with E-state index in [9.17, 15) is 5.11 Å². The number of nitrogens with two attached hydrogens (primary N) is 2. The number of ether oxygens (including phenoxy) is 3. The number of aliphatic hydroxyl groups excluding tert-OH is 1. The maximum absolute atomic E-state index is 9.61. The maximum atomic E-state index is 9.61. The molecule has 1 aliphatic heterocycles. The van der Waals surface area contributed by atoms with Crippen LogP contribution in [0.2, 0.25) is 0 Å². The van der Waals surface area contributed by atoms with Crippen molar-refractivity contribution in [3.05, 3.63) is 6.33 Å². The molecule has 10 heteroatoms. The van der Waals surface area contributed by atoms with Crippen molar-refractivity contribution in [3.8, 4) is 0 Å². The summed E-state index contributed by atoms with van der Waals surface area (Å²) in [7, 11) is 1.57. The number of imidazole rings is 1. The minimum atomic E-state index is -0.576. The van der Waals surface area contributed by atoms with E-state index in [4.69, 9.17) is 25.7 Å². The van der Waals surface area contributed by atoms with Crippen LogP contribution in [0, 0.1) is 0 Å². The Labute approximate surface area is 138 Å². The summed E-state index contributed by atoms with van der Waals surface area (Å²) in [6.45, 7) is 2.37. The molecule has 24 heavy (non-hydrogen) atoms. The summed E-state index contributed by atoms with van der Waals surface area (Å²) in [5, 5.41) is 9.61. The number of hydrogen-bond acceptors (Lipinski definition) is 9. The molecule has 2 aromatic rings. The van der Waals surface area contributed by atoms with Gasteiger partial charge in [0, 0.05) is 13.7 Å². The topological polar surface area (TPSA) is 144 Å². The first kappa shape index (κ1) is 16.8. The first-order chi connectivity index (χ1) is 11.6. The van der Waals surface area contributed by atoms with Crippen LogP contribution < -0.4 is 11.5 Å². The van der Waals surface area contributed by atoms with E-state index >= 15 is 0 Å². The Hall–Kier alpha value is -2.01. The van der Waals surface area contributed by atoms with Gasteiger partial charge in [-0.15, -0.1) is 0 Å². The molecule has 10 nitrogen and oxygen atoms in total. The number of fused-ring (bicyclic) bond motifs is 1. The van der Waals surface area contributed by atoms with Crippen molar-refractivity contribution in [2.75, 3.05) is 31.8 Å². The van der Waals surface area contributed by atoms with Gasteiger partial charge in [-0.25, -0.2) is 4.98 Å². The summed E-state index contributed by atoms with van der Waals surface area (Å²) in [6, 6.07) is 0. The quantitative estimate of drug-likeness (QED) is 0.646. The fourth-order valence-electron chi connectivity index (χ4n) is 2.93. The van der Waals surface area contributed by atoms with Crippen LogP contribution in [0.5, 0.6) is 0 Å². The molecular formula is C14H22N6O4. The van der Waals surface area contributed by atoms with Crippen molar-refractivity contribution in [1.82, 2.24) is 19.5 Å². The van der Waals surface area contributed by atoms with Crippen LogP contribution in [-0.2, 0) is 14.2 Å². The van der Waals surface area contributed by atoms with Gasteiger partial charge in [-0.05, 0) is 6.42 Å². The van der Waals surface area contributed by atoms with E-state index in [1.165, 1.54) is 0 Å². The Kier molecular flexibility index (Phi) is 4.81. The Morgan fingerprint density at radius 1 is 1.33 bits per heavy atom. The number of nitrogens with zero attached hydrogens (tertiary/aromatic N) is 4. The standard InChI is InChI=1S/C14H22N6O4/c1-3-4-23-9-7(5-21)24-13(10(9)22-2)20-6-17-8-11(15)18-14(16)19-12(8)20/h6-7,9-10,13,21H,3-5H2,1-2H3,(H4,15,16,18,19). The van der Waals surface area contributed by atoms with E-state index in [1.54, 1.807) is 18.0 Å². The third-order valence-electron chi connectivity index (χ3n) is 3.99. The number of methoxy groups -OCH3 is 1. The highest BCUT2D eigenvalue weighted by atomic mass is 16.6. The lowest BCUT2D eigenvalue weighted by molar-refractivity contribution is -0.0609. The van der Waals surface area contributed by atoms with E-state index in [0.717, 1.165) is 6.42 Å². The molecule has 4 unspecified atom stereocenters. The van der Waals surface area contributed by atoms with E-state index in [-0.39, 0.29) is 18.4 Å². The van der Waals surface area contributed by atoms with Crippen molar-refractivity contribution < 1.29 is 19.3 Å². The summed E-state index contributed by atoms with van der Waals surface area (Å²) >= 11 is 0. The normalized spacial score (nSPS) is 27.1. The van der Waals surface area contributed by atoms with Gasteiger partial charge in [0.05, 0.1) is 12.9 Å². The Balaban J connectivity index is 1.99. The second-order valence-electron chi connectivity index (χ2n) is 5.57. The Morgan fingerprint density at radius 2 is 2.12 bits per heavy atom. The van der Waals surface area contributed by atoms with Crippen molar-refractivity contribution in [2.24, 2.45) is 0 Å². The van der Waals surface area contributed by atoms with Crippen LogP contribution >= 0.6 is 0 Å². The fraction of sp³-hybridized carbons (Fsp3) is 0.643. The summed E-state index contributed by atoms with van der Waals surface area (Å²) in [6.07, 6.45) is 0.461. The van der Waals surface area contributed by atoms with Crippen LogP contribution in [0.4, 0.5) is 11.8 Å². The van der Waals surface area contributed by atoms with Crippen molar-refractivity contribution >= 4 is 22.9 Å². The lowest BCUT2D eigenvalue weighted by Crippen LogP contribution is -2.37. The molecule has 3 rings (SSSR count). The molecule has 5 N–H and O–H groups in total. The summed E-state index contributed by atoms with van der Waals surface area (Å²) in [5.74, 6) is 0.243. The lowest BCUT2D eigenvalue weighted by atomic mass is 10.1. The molecular weight excluding hydrogens is 316 g/mol. The number of anilines is 2. The van der Waals surface area contributed by atoms with Crippen LogP contribution in [0.25, 0.3) is 11.2 Å². The van der Waals surface area contributed by atoms with Crippen molar-refractivity contribution in [1.29, 1.82) is 0 Å². The first-order valence-electron chi connectivity index (χ1n) is 7.76. The van der Waals surface area contributed by atoms with Crippen molar-refractivity contribution in [2.45, 2.75) is 37.9 Å². The summed E-state index contributed by atoms with van der Waals surface area (Å²) in [4.78, 5) is 12.3. The average Bonchev–Trinajstić information content (AvgIpc) is 3.13. The van der Waals surface area contributed by atoms with Gasteiger partial charge >= 0.3 is 0 Å². The van der Waals surface area contributed by atoms with Gasteiger partial charge < -0.3 is 30.8 Å². The van der Waals surface area contributed by atoms with Gasteiger partial charge in [-0.2, -0.15) is 9.97 Å². The molecule has 0 saturated carbocycles. The van der Waals surface area contributed by atoms with E-state index in [0.29, 0.717) is 17.8 Å². The highest BCUT2D eigenvalue weighted by Gasteiger charge is 2.47. The van der Waals surface area contributed by atoms with Crippen LogP contribution in [0.1, 0.15) is 19.6 Å². The molecule has 132 valence electrons. The largest absolute Gasteiger partial charge is 0.394 e. The highest BCUT2D eigenvalue weighted by Crippen LogP contribution is 2.35. The summed E-state index contributed by atoms with van der Waals surface area (Å²) < 4.78 is 19.0. The monoisotopic (exact) mass is 338 g/mol. The van der Waals surface area contributed by atoms with Crippen LogP contribution in [-0.4, -0.2) is 63.3 Å². The van der Waals surface area contributed by atoms with E-state index in [2.05, 4.69) is 15.0 Å². The molecule has 1 fully saturated rings. The first-order valence-corrected chi connectivity index (χ1v) is 7.76. The Bertz CT molecular complexity index is 708. The smallest absolute Gasteiger partial charge is 0.224 e. The molecule has 2 aromatic heterocycles. The predicted molar refractivity (Wildman–Crippen MR) is 86.0 cm³/mol. The molecule has 3 heterocycles. The number of nitrogen functional groups attached to an aromatic ring is 2. The van der Waals surface area contributed by atoms with Crippen LogP contribution in [0.3, 0.4) is 0 Å². The molecule has 0 spiro atoms. The van der Waals surface area contributed by atoms with Gasteiger partial charge in [0.1, 0.15) is 23.8 Å². The molecule has 1 aliphatic rings. The number of hydrogen-bond donors (Lipinski definition) is 3. The van der Waals surface area contributed by atoms with Gasteiger partial charge in [-0.1, -0.05) is 6.92 Å². The zero-order chi connectivity index (χ0) is 17.3. The number of rotatable bonds is 6. The lowest BCUT2D eigenvalue weighted by Gasteiger charge is -2.23. The minimum absolute atomic E-state index is 0.0474. The second kappa shape index (κ2) is 6.85. The Morgan fingerprint density at radius 3 is 2.79 bits per heavy atom. The van der Waals surface area contributed by atoms with Gasteiger partial charge in [0.2, 0.25) is 5.95 Å². The van der Waals surface area contributed by atoms with E-state index in [1.807, 2.05) is 6.92 Å².